The highest BCUT2D eigenvalue weighted by atomic mass is 16.2. The SMILES string of the molecule is CC(C)CN(Cc1ccccn1)C(=O)Nc1ccn(C)c(=O)c1. The molecule has 0 aliphatic heterocycles. The summed E-state index contributed by atoms with van der Waals surface area (Å²) in [5, 5.41) is 2.78. The Hall–Kier alpha value is -2.63. The van der Waals surface area contributed by atoms with E-state index in [1.165, 1.54) is 10.6 Å². The maximum absolute atomic E-state index is 12.5. The van der Waals surface area contributed by atoms with Crippen molar-refractivity contribution in [3.8, 4) is 0 Å². The molecule has 0 unspecified atom stereocenters. The molecule has 2 rings (SSSR count). The van der Waals surface area contributed by atoms with Crippen LogP contribution in [0.15, 0.2) is 47.5 Å². The summed E-state index contributed by atoms with van der Waals surface area (Å²) in [6, 6.07) is 8.50. The standard InChI is InChI=1S/C17H22N4O2/c1-13(2)11-21(12-15-6-4-5-8-18-15)17(23)19-14-7-9-20(3)16(22)10-14/h4-10,13H,11-12H2,1-3H3,(H,19,23). The fourth-order valence-electron chi connectivity index (χ4n) is 2.18. The molecule has 2 amide bonds. The molecule has 0 fully saturated rings. The lowest BCUT2D eigenvalue weighted by molar-refractivity contribution is 0.201. The maximum Gasteiger partial charge on any atom is 0.322 e. The highest BCUT2D eigenvalue weighted by Crippen LogP contribution is 2.09. The molecule has 2 heterocycles. The Bertz CT molecular complexity index is 710. The van der Waals surface area contributed by atoms with Crippen LogP contribution in [-0.2, 0) is 13.6 Å². The third-order valence-corrected chi connectivity index (χ3v) is 3.31. The number of urea groups is 1. The average Bonchev–Trinajstić information content (AvgIpc) is 2.51. The number of nitrogens with one attached hydrogen (secondary N) is 1. The molecule has 0 spiro atoms. The lowest BCUT2D eigenvalue weighted by Gasteiger charge is -2.24. The van der Waals surface area contributed by atoms with Gasteiger partial charge < -0.3 is 14.8 Å². The molecular formula is C17H22N4O2. The summed E-state index contributed by atoms with van der Waals surface area (Å²) in [5.41, 5.74) is 1.16. The van der Waals surface area contributed by atoms with Crippen molar-refractivity contribution >= 4 is 11.7 Å². The number of amides is 2. The van der Waals surface area contributed by atoms with Crippen LogP contribution in [0.4, 0.5) is 10.5 Å². The van der Waals surface area contributed by atoms with Gasteiger partial charge in [0.25, 0.3) is 5.56 Å². The third-order valence-electron chi connectivity index (χ3n) is 3.31. The zero-order valence-electron chi connectivity index (χ0n) is 13.7. The first-order valence-electron chi connectivity index (χ1n) is 7.58. The van der Waals surface area contributed by atoms with Gasteiger partial charge in [0, 0.05) is 37.7 Å². The molecule has 0 aliphatic carbocycles. The predicted molar refractivity (Wildman–Crippen MR) is 90.2 cm³/mol. The Morgan fingerprint density at radius 1 is 1.35 bits per heavy atom. The van der Waals surface area contributed by atoms with Crippen molar-refractivity contribution in [1.82, 2.24) is 14.5 Å². The quantitative estimate of drug-likeness (QED) is 0.922. The number of anilines is 1. The number of hydrogen-bond acceptors (Lipinski definition) is 3. The first kappa shape index (κ1) is 16.7. The lowest BCUT2D eigenvalue weighted by atomic mass is 10.2. The largest absolute Gasteiger partial charge is 0.322 e. The van der Waals surface area contributed by atoms with Gasteiger partial charge in [-0.25, -0.2) is 4.79 Å². The summed E-state index contributed by atoms with van der Waals surface area (Å²) in [5.74, 6) is 0.327. The minimum Gasteiger partial charge on any atom is -0.318 e. The van der Waals surface area contributed by atoms with E-state index in [-0.39, 0.29) is 11.6 Å². The molecule has 2 aromatic heterocycles. The van der Waals surface area contributed by atoms with Crippen molar-refractivity contribution in [2.75, 3.05) is 11.9 Å². The Kier molecular flexibility index (Phi) is 5.51. The Labute approximate surface area is 135 Å². The average molecular weight is 314 g/mol. The van der Waals surface area contributed by atoms with E-state index in [1.807, 2.05) is 18.2 Å². The number of aryl methyl sites for hydroxylation is 1. The summed E-state index contributed by atoms with van der Waals surface area (Å²) in [7, 11) is 1.67. The Morgan fingerprint density at radius 3 is 2.74 bits per heavy atom. The molecule has 0 saturated carbocycles. The third kappa shape index (κ3) is 4.95. The van der Waals surface area contributed by atoms with Crippen LogP contribution in [0.2, 0.25) is 0 Å². The molecule has 6 heteroatoms. The molecule has 0 aliphatic rings. The van der Waals surface area contributed by atoms with E-state index in [0.29, 0.717) is 24.7 Å². The molecule has 0 atom stereocenters. The van der Waals surface area contributed by atoms with Gasteiger partial charge in [0.15, 0.2) is 0 Å². The van der Waals surface area contributed by atoms with Crippen LogP contribution < -0.4 is 10.9 Å². The second-order valence-electron chi connectivity index (χ2n) is 5.89. The smallest absolute Gasteiger partial charge is 0.318 e. The molecule has 1 N–H and O–H groups in total. The summed E-state index contributed by atoms with van der Waals surface area (Å²) >= 11 is 0. The molecule has 0 bridgehead atoms. The molecule has 0 aromatic carbocycles. The number of hydrogen-bond donors (Lipinski definition) is 1. The van der Waals surface area contributed by atoms with Crippen LogP contribution in [0.25, 0.3) is 0 Å². The Balaban J connectivity index is 2.12. The van der Waals surface area contributed by atoms with Crippen molar-refractivity contribution in [2.45, 2.75) is 20.4 Å². The van der Waals surface area contributed by atoms with Gasteiger partial charge in [0.2, 0.25) is 0 Å². The van der Waals surface area contributed by atoms with E-state index in [2.05, 4.69) is 24.1 Å². The zero-order valence-corrected chi connectivity index (χ0v) is 13.7. The van der Waals surface area contributed by atoms with Gasteiger partial charge >= 0.3 is 6.03 Å². The minimum atomic E-state index is -0.238. The number of rotatable bonds is 5. The van der Waals surface area contributed by atoms with Crippen LogP contribution in [-0.4, -0.2) is 27.0 Å². The molecule has 0 radical (unpaired) electrons. The fraction of sp³-hybridized carbons (Fsp3) is 0.353. The number of carbonyl (C=O) groups excluding carboxylic acids is 1. The van der Waals surface area contributed by atoms with Crippen LogP contribution in [0.1, 0.15) is 19.5 Å². The van der Waals surface area contributed by atoms with Gasteiger partial charge in [0.05, 0.1) is 12.2 Å². The van der Waals surface area contributed by atoms with Crippen LogP contribution in [0.3, 0.4) is 0 Å². The van der Waals surface area contributed by atoms with Gasteiger partial charge in [-0.05, 0) is 24.1 Å². The molecule has 6 nitrogen and oxygen atoms in total. The van der Waals surface area contributed by atoms with Crippen LogP contribution in [0.5, 0.6) is 0 Å². The Morgan fingerprint density at radius 2 is 2.13 bits per heavy atom. The van der Waals surface area contributed by atoms with Crippen molar-refractivity contribution < 1.29 is 4.79 Å². The van der Waals surface area contributed by atoms with Crippen molar-refractivity contribution in [3.05, 3.63) is 58.8 Å². The van der Waals surface area contributed by atoms with Gasteiger partial charge in [0.1, 0.15) is 0 Å². The van der Waals surface area contributed by atoms with E-state index in [1.54, 1.807) is 30.4 Å². The number of aromatic nitrogens is 2. The molecule has 0 saturated heterocycles. The van der Waals surface area contributed by atoms with E-state index in [4.69, 9.17) is 0 Å². The summed E-state index contributed by atoms with van der Waals surface area (Å²) in [6.07, 6.45) is 3.34. The minimum absolute atomic E-state index is 0.164. The van der Waals surface area contributed by atoms with Gasteiger partial charge in [-0.1, -0.05) is 19.9 Å². The summed E-state index contributed by atoms with van der Waals surface area (Å²) in [6.45, 7) is 5.14. The van der Waals surface area contributed by atoms with Gasteiger partial charge in [-0.2, -0.15) is 0 Å². The van der Waals surface area contributed by atoms with E-state index >= 15 is 0 Å². The lowest BCUT2D eigenvalue weighted by Crippen LogP contribution is -2.37. The van der Waals surface area contributed by atoms with Gasteiger partial charge in [-0.3, -0.25) is 9.78 Å². The predicted octanol–water partition coefficient (Wildman–Crippen LogP) is 2.47. The van der Waals surface area contributed by atoms with E-state index in [0.717, 1.165) is 5.69 Å². The highest BCUT2D eigenvalue weighted by Gasteiger charge is 2.16. The van der Waals surface area contributed by atoms with Crippen LogP contribution >= 0.6 is 0 Å². The van der Waals surface area contributed by atoms with E-state index in [9.17, 15) is 9.59 Å². The number of carbonyl (C=O) groups is 1. The van der Waals surface area contributed by atoms with Crippen molar-refractivity contribution in [2.24, 2.45) is 13.0 Å². The first-order valence-corrected chi connectivity index (χ1v) is 7.58. The molecule has 122 valence electrons. The molecule has 2 aromatic rings. The van der Waals surface area contributed by atoms with Crippen molar-refractivity contribution in [3.63, 3.8) is 0 Å². The highest BCUT2D eigenvalue weighted by molar-refractivity contribution is 5.89. The second-order valence-corrected chi connectivity index (χ2v) is 5.89. The monoisotopic (exact) mass is 314 g/mol. The number of pyridine rings is 2. The van der Waals surface area contributed by atoms with Crippen molar-refractivity contribution in [1.29, 1.82) is 0 Å². The number of nitrogens with zero attached hydrogens (tertiary/aromatic N) is 3. The first-order chi connectivity index (χ1) is 11.0. The van der Waals surface area contributed by atoms with Gasteiger partial charge in [-0.15, -0.1) is 0 Å². The second kappa shape index (κ2) is 7.58. The van der Waals surface area contributed by atoms with E-state index < -0.39 is 0 Å². The summed E-state index contributed by atoms with van der Waals surface area (Å²) in [4.78, 5) is 30.1. The fourth-order valence-corrected chi connectivity index (χ4v) is 2.18. The zero-order chi connectivity index (χ0) is 16.8. The normalized spacial score (nSPS) is 10.6. The van der Waals surface area contributed by atoms with Crippen LogP contribution in [0, 0.1) is 5.92 Å². The maximum atomic E-state index is 12.5. The summed E-state index contributed by atoms with van der Waals surface area (Å²) < 4.78 is 1.45. The topological polar surface area (TPSA) is 67.2 Å². The molecule has 23 heavy (non-hydrogen) atoms. The molecular weight excluding hydrogens is 292 g/mol.